The zero-order valence-electron chi connectivity index (χ0n) is 25.3. The van der Waals surface area contributed by atoms with E-state index < -0.39 is 34.3 Å². The van der Waals surface area contributed by atoms with Crippen LogP contribution in [-0.2, 0) is 32.6 Å². The number of nitrogens with one attached hydrogen (secondary N) is 1. The third-order valence-corrected chi connectivity index (χ3v) is 9.56. The molecule has 0 aromatic heterocycles. The molecule has 0 aliphatic rings. The number of hydrogen-bond acceptors (Lipinski definition) is 4. The molecule has 1 atom stereocenters. The molecule has 0 bridgehead atoms. The fourth-order valence-electron chi connectivity index (χ4n) is 4.84. The zero-order valence-corrected chi connectivity index (χ0v) is 26.9. The van der Waals surface area contributed by atoms with E-state index in [4.69, 9.17) is 11.6 Å². The number of unbranched alkanes of at least 4 members (excludes halogenated alkanes) is 1. The van der Waals surface area contributed by atoms with Gasteiger partial charge in [-0.05, 0) is 66.9 Å². The first-order valence-electron chi connectivity index (χ1n) is 14.8. The minimum Gasteiger partial charge on any atom is -0.354 e. The second-order valence-electron chi connectivity index (χ2n) is 10.8. The van der Waals surface area contributed by atoms with Crippen LogP contribution in [0.3, 0.4) is 0 Å². The lowest BCUT2D eigenvalue weighted by molar-refractivity contribution is -0.140. The van der Waals surface area contributed by atoms with E-state index in [-0.39, 0.29) is 29.5 Å². The highest BCUT2D eigenvalue weighted by Crippen LogP contribution is 2.26. The van der Waals surface area contributed by atoms with E-state index in [1.165, 1.54) is 29.2 Å². The number of anilines is 1. The van der Waals surface area contributed by atoms with Gasteiger partial charge in [-0.15, -0.1) is 0 Å². The molecule has 0 aliphatic carbocycles. The highest BCUT2D eigenvalue weighted by Gasteiger charge is 2.34. The average Bonchev–Trinajstić information content (AvgIpc) is 3.03. The number of hydrogen-bond donors (Lipinski definition) is 1. The number of sulfonamides is 1. The Morgan fingerprint density at radius 3 is 2.18 bits per heavy atom. The maximum atomic E-state index is 14.4. The molecule has 0 aliphatic heterocycles. The van der Waals surface area contributed by atoms with Crippen molar-refractivity contribution in [1.82, 2.24) is 10.2 Å². The lowest BCUT2D eigenvalue weighted by atomic mass is 10.0. The lowest BCUT2D eigenvalue weighted by Crippen LogP contribution is -2.53. The van der Waals surface area contributed by atoms with E-state index in [1.807, 2.05) is 44.2 Å². The van der Waals surface area contributed by atoms with Crippen LogP contribution in [0, 0.1) is 12.7 Å². The minimum atomic E-state index is -4.28. The summed E-state index contributed by atoms with van der Waals surface area (Å²) in [6.45, 7) is 3.60. The summed E-state index contributed by atoms with van der Waals surface area (Å²) in [5.74, 6) is -1.53. The lowest BCUT2D eigenvalue weighted by Gasteiger charge is -2.34. The predicted octanol–water partition coefficient (Wildman–Crippen LogP) is 6.54. The largest absolute Gasteiger partial charge is 0.354 e. The van der Waals surface area contributed by atoms with Crippen LogP contribution in [0.15, 0.2) is 108 Å². The van der Waals surface area contributed by atoms with E-state index in [0.717, 1.165) is 40.4 Å². The van der Waals surface area contributed by atoms with Gasteiger partial charge in [-0.25, -0.2) is 12.8 Å². The van der Waals surface area contributed by atoms with Crippen LogP contribution in [0.5, 0.6) is 0 Å². The standard InChI is InChI=1S/C35H37ClFN3O4S/c1-3-4-22-38-35(42)33(23-27-10-6-5-7-11-27)39(24-28-12-8-9-13-32(28)36)34(41)25-40(30-18-16-29(37)17-19-30)45(43,44)31-20-14-26(2)15-21-31/h5-21,33H,3-4,22-25H2,1-2H3,(H,38,42)/t33-/m0/s1. The van der Waals surface area contributed by atoms with Gasteiger partial charge in [-0.3, -0.25) is 13.9 Å². The van der Waals surface area contributed by atoms with Gasteiger partial charge in [-0.1, -0.05) is 91.2 Å². The number of halogens is 2. The average molecular weight is 650 g/mol. The molecule has 0 saturated heterocycles. The Labute approximate surface area is 269 Å². The summed E-state index contributed by atoms with van der Waals surface area (Å²) in [6, 6.07) is 26.5. The molecule has 10 heteroatoms. The first-order chi connectivity index (χ1) is 21.6. The second-order valence-corrected chi connectivity index (χ2v) is 13.0. The van der Waals surface area contributed by atoms with Crippen molar-refractivity contribution in [3.8, 4) is 0 Å². The van der Waals surface area contributed by atoms with Crippen molar-refractivity contribution in [1.29, 1.82) is 0 Å². The summed E-state index contributed by atoms with van der Waals surface area (Å²) in [5.41, 5.74) is 2.39. The molecule has 2 amide bonds. The topological polar surface area (TPSA) is 86.8 Å². The maximum absolute atomic E-state index is 14.4. The molecule has 4 rings (SSSR count). The van der Waals surface area contributed by atoms with Gasteiger partial charge in [0.15, 0.2) is 0 Å². The van der Waals surface area contributed by atoms with Crippen molar-refractivity contribution in [2.24, 2.45) is 0 Å². The first kappa shape index (κ1) is 33.7. The maximum Gasteiger partial charge on any atom is 0.264 e. The smallest absolute Gasteiger partial charge is 0.264 e. The number of carbonyl (C=O) groups is 2. The van der Waals surface area contributed by atoms with Gasteiger partial charge < -0.3 is 10.2 Å². The van der Waals surface area contributed by atoms with E-state index in [9.17, 15) is 22.4 Å². The monoisotopic (exact) mass is 649 g/mol. The van der Waals surface area contributed by atoms with Crippen LogP contribution in [-0.4, -0.2) is 44.3 Å². The molecule has 1 N–H and O–H groups in total. The summed E-state index contributed by atoms with van der Waals surface area (Å²) in [7, 11) is -4.28. The van der Waals surface area contributed by atoms with Crippen LogP contribution in [0.2, 0.25) is 5.02 Å². The summed E-state index contributed by atoms with van der Waals surface area (Å²) < 4.78 is 42.9. The predicted molar refractivity (Wildman–Crippen MR) is 176 cm³/mol. The van der Waals surface area contributed by atoms with E-state index in [2.05, 4.69) is 5.32 Å². The molecule has 236 valence electrons. The number of benzene rings is 4. The number of amides is 2. The molecule has 0 unspecified atom stereocenters. The van der Waals surface area contributed by atoms with Crippen molar-refractivity contribution < 1.29 is 22.4 Å². The minimum absolute atomic E-state index is 0.0268. The Balaban J connectivity index is 1.79. The highest BCUT2D eigenvalue weighted by molar-refractivity contribution is 7.92. The molecule has 4 aromatic carbocycles. The van der Waals surface area contributed by atoms with Crippen LogP contribution in [0.4, 0.5) is 10.1 Å². The Morgan fingerprint density at radius 2 is 1.53 bits per heavy atom. The molecule has 0 heterocycles. The summed E-state index contributed by atoms with van der Waals surface area (Å²) in [6.07, 6.45) is 1.82. The highest BCUT2D eigenvalue weighted by atomic mass is 35.5. The Hall–Kier alpha value is -4.21. The third kappa shape index (κ3) is 8.93. The Kier molecular flexibility index (Phi) is 11.7. The Bertz CT molecular complexity index is 1680. The summed E-state index contributed by atoms with van der Waals surface area (Å²) in [4.78, 5) is 29.6. The Morgan fingerprint density at radius 1 is 0.889 bits per heavy atom. The molecule has 0 fully saturated rings. The molecule has 4 aromatic rings. The van der Waals surface area contributed by atoms with E-state index >= 15 is 0 Å². The van der Waals surface area contributed by atoms with Gasteiger partial charge in [0.05, 0.1) is 10.6 Å². The number of aryl methyl sites for hydroxylation is 1. The number of carbonyl (C=O) groups excluding carboxylic acids is 2. The van der Waals surface area contributed by atoms with E-state index in [1.54, 1.807) is 36.4 Å². The van der Waals surface area contributed by atoms with Gasteiger partial charge in [0.25, 0.3) is 10.0 Å². The molecule has 0 radical (unpaired) electrons. The van der Waals surface area contributed by atoms with Gasteiger partial charge in [0, 0.05) is 24.5 Å². The number of rotatable bonds is 14. The molecule has 0 spiro atoms. The van der Waals surface area contributed by atoms with Gasteiger partial charge in [-0.2, -0.15) is 0 Å². The summed E-state index contributed by atoms with van der Waals surface area (Å²) in [5, 5.41) is 3.36. The van der Waals surface area contributed by atoms with Gasteiger partial charge >= 0.3 is 0 Å². The third-order valence-electron chi connectivity index (χ3n) is 7.40. The van der Waals surface area contributed by atoms with Gasteiger partial charge in [0.2, 0.25) is 11.8 Å². The van der Waals surface area contributed by atoms with E-state index in [0.29, 0.717) is 17.1 Å². The van der Waals surface area contributed by atoms with Crippen molar-refractivity contribution in [3.05, 3.63) is 131 Å². The van der Waals surface area contributed by atoms with Crippen LogP contribution in [0.25, 0.3) is 0 Å². The fourth-order valence-corrected chi connectivity index (χ4v) is 6.45. The van der Waals surface area contributed by atoms with Crippen LogP contribution in [0.1, 0.15) is 36.5 Å². The summed E-state index contributed by atoms with van der Waals surface area (Å²) >= 11 is 6.52. The molecular weight excluding hydrogens is 613 g/mol. The van der Waals surface area contributed by atoms with Crippen molar-refractivity contribution in [3.63, 3.8) is 0 Å². The number of nitrogens with zero attached hydrogens (tertiary/aromatic N) is 2. The van der Waals surface area contributed by atoms with Crippen molar-refractivity contribution in [2.45, 2.75) is 50.6 Å². The van der Waals surface area contributed by atoms with Crippen LogP contribution < -0.4 is 9.62 Å². The first-order valence-corrected chi connectivity index (χ1v) is 16.6. The molecule has 7 nitrogen and oxygen atoms in total. The quantitative estimate of drug-likeness (QED) is 0.157. The fraction of sp³-hybridized carbons (Fsp3) is 0.257. The molecular formula is C35H37ClFN3O4S. The van der Waals surface area contributed by atoms with Gasteiger partial charge in [0.1, 0.15) is 18.4 Å². The zero-order chi connectivity index (χ0) is 32.4. The normalized spacial score (nSPS) is 11.9. The van der Waals surface area contributed by atoms with Crippen LogP contribution >= 0.6 is 11.6 Å². The molecule has 45 heavy (non-hydrogen) atoms. The molecule has 0 saturated carbocycles. The van der Waals surface area contributed by atoms with Crippen molar-refractivity contribution >= 4 is 39.1 Å². The SMILES string of the molecule is CCCCNC(=O)[C@H](Cc1ccccc1)N(Cc1ccccc1Cl)C(=O)CN(c1ccc(F)cc1)S(=O)(=O)c1ccc(C)cc1. The second kappa shape index (κ2) is 15.7. The van der Waals surface area contributed by atoms with Crippen molar-refractivity contribution in [2.75, 3.05) is 17.4 Å².